The number of halogens is 1. The van der Waals surface area contributed by atoms with Gasteiger partial charge >= 0.3 is 0 Å². The van der Waals surface area contributed by atoms with Gasteiger partial charge in [0.25, 0.3) is 0 Å². The minimum Gasteiger partial charge on any atom is -0.268 e. The van der Waals surface area contributed by atoms with Crippen molar-refractivity contribution in [2.45, 2.75) is 38.4 Å². The third-order valence-corrected chi connectivity index (χ3v) is 3.64. The Kier molecular flexibility index (Phi) is 3.81. The van der Waals surface area contributed by atoms with Crippen molar-refractivity contribution in [3.8, 4) is 0 Å². The van der Waals surface area contributed by atoms with Crippen molar-refractivity contribution >= 4 is 26.8 Å². The Morgan fingerprint density at radius 1 is 1.33 bits per heavy atom. The number of hydrogen-bond donors (Lipinski definition) is 0. The van der Waals surface area contributed by atoms with Crippen LogP contribution in [0.3, 0.4) is 0 Å². The Hall–Kier alpha value is -0.830. The zero-order chi connectivity index (χ0) is 13.3. The molecule has 1 aromatic heterocycles. The van der Waals surface area contributed by atoms with Crippen molar-refractivity contribution in [3.05, 3.63) is 30.0 Å². The van der Waals surface area contributed by atoms with Crippen LogP contribution in [0, 0.1) is 5.41 Å². The first kappa shape index (κ1) is 13.6. The van der Waals surface area contributed by atoms with Crippen LogP contribution in [0.25, 0.3) is 10.9 Å². The maximum atomic E-state index is 4.68. The topological polar surface area (TPSA) is 17.8 Å². The van der Waals surface area contributed by atoms with Gasteiger partial charge in [-0.2, -0.15) is 5.10 Å². The van der Waals surface area contributed by atoms with Crippen LogP contribution in [0.1, 0.15) is 32.9 Å². The van der Waals surface area contributed by atoms with E-state index in [1.54, 1.807) is 0 Å². The highest BCUT2D eigenvalue weighted by atomic mass is 79.9. The molecule has 2 nitrogen and oxygen atoms in total. The molecule has 1 heterocycles. The molecule has 0 bridgehead atoms. The lowest BCUT2D eigenvalue weighted by atomic mass is 9.83. The van der Waals surface area contributed by atoms with Gasteiger partial charge in [0.2, 0.25) is 0 Å². The maximum absolute atomic E-state index is 4.68. The van der Waals surface area contributed by atoms with Crippen LogP contribution in [0.4, 0.5) is 0 Å². The van der Waals surface area contributed by atoms with Gasteiger partial charge in [0.15, 0.2) is 0 Å². The van der Waals surface area contributed by atoms with Crippen molar-refractivity contribution in [2.75, 3.05) is 0 Å². The summed E-state index contributed by atoms with van der Waals surface area (Å²) in [6.07, 6.45) is 2.17. The fourth-order valence-electron chi connectivity index (χ4n) is 2.71. The van der Waals surface area contributed by atoms with E-state index in [1.807, 2.05) is 11.7 Å². The predicted octanol–water partition coefficient (Wildman–Crippen LogP) is 4.32. The molecule has 1 atom stereocenters. The molecule has 1 aromatic carbocycles. The summed E-state index contributed by atoms with van der Waals surface area (Å²) < 4.78 is 1.98. The van der Waals surface area contributed by atoms with Crippen LogP contribution in [0.15, 0.2) is 24.3 Å². The molecule has 3 heteroatoms. The number of fused-ring (bicyclic) bond motifs is 1. The van der Waals surface area contributed by atoms with Crippen molar-refractivity contribution < 1.29 is 0 Å². The fourth-order valence-corrected chi connectivity index (χ4v) is 3.58. The molecular formula is C15H21BrN2. The van der Waals surface area contributed by atoms with E-state index in [2.05, 4.69) is 66.1 Å². The number of benzene rings is 1. The molecule has 0 aliphatic rings. The molecule has 0 saturated heterocycles. The average molecular weight is 309 g/mol. The highest BCUT2D eigenvalue weighted by Crippen LogP contribution is 2.31. The quantitative estimate of drug-likeness (QED) is 0.769. The molecule has 0 fully saturated rings. The lowest BCUT2D eigenvalue weighted by Gasteiger charge is -2.25. The van der Waals surface area contributed by atoms with Gasteiger partial charge in [0.05, 0.1) is 11.2 Å². The number of aromatic nitrogens is 2. The van der Waals surface area contributed by atoms with Crippen LogP contribution in [-0.4, -0.2) is 14.6 Å². The summed E-state index contributed by atoms with van der Waals surface area (Å²) in [5, 5.41) is 5.97. The van der Waals surface area contributed by atoms with Gasteiger partial charge in [0, 0.05) is 17.3 Å². The van der Waals surface area contributed by atoms with E-state index < -0.39 is 0 Å². The minimum atomic E-state index is 0.264. The molecule has 0 amide bonds. The lowest BCUT2D eigenvalue weighted by Crippen LogP contribution is -2.19. The Labute approximate surface area is 118 Å². The lowest BCUT2D eigenvalue weighted by molar-refractivity contribution is 0.331. The van der Waals surface area contributed by atoms with Crippen molar-refractivity contribution in [3.63, 3.8) is 0 Å². The Bertz CT molecular complexity index is 540. The van der Waals surface area contributed by atoms with Gasteiger partial charge in [0.1, 0.15) is 0 Å². The Morgan fingerprint density at radius 3 is 2.67 bits per heavy atom. The van der Waals surface area contributed by atoms with Crippen LogP contribution in [0.2, 0.25) is 0 Å². The molecule has 0 saturated carbocycles. The fraction of sp³-hybridized carbons (Fsp3) is 0.533. The SMILES string of the molecule is CC(Br)CC(C)(C)Cc1nn(C)c2ccccc12. The highest BCUT2D eigenvalue weighted by molar-refractivity contribution is 9.09. The molecular weight excluding hydrogens is 288 g/mol. The predicted molar refractivity (Wildman–Crippen MR) is 81.2 cm³/mol. The second-order valence-electron chi connectivity index (χ2n) is 5.91. The first-order valence-electron chi connectivity index (χ1n) is 6.44. The number of rotatable bonds is 4. The second kappa shape index (κ2) is 5.04. The first-order chi connectivity index (χ1) is 8.39. The normalized spacial score (nSPS) is 14.1. The van der Waals surface area contributed by atoms with Crippen LogP contribution >= 0.6 is 15.9 Å². The van der Waals surface area contributed by atoms with Crippen molar-refractivity contribution in [2.24, 2.45) is 12.5 Å². The third-order valence-electron chi connectivity index (χ3n) is 3.31. The van der Waals surface area contributed by atoms with E-state index >= 15 is 0 Å². The van der Waals surface area contributed by atoms with Crippen LogP contribution < -0.4 is 0 Å². The number of hydrogen-bond acceptors (Lipinski definition) is 1. The number of aryl methyl sites for hydroxylation is 1. The van der Waals surface area contributed by atoms with Gasteiger partial charge in [-0.05, 0) is 24.3 Å². The summed E-state index contributed by atoms with van der Waals surface area (Å²) >= 11 is 3.65. The summed E-state index contributed by atoms with van der Waals surface area (Å²) in [5.74, 6) is 0. The highest BCUT2D eigenvalue weighted by Gasteiger charge is 2.23. The maximum Gasteiger partial charge on any atom is 0.0708 e. The molecule has 2 aromatic rings. The van der Waals surface area contributed by atoms with Gasteiger partial charge in [-0.1, -0.05) is 54.9 Å². The standard InChI is InChI=1S/C15H21BrN2/c1-11(16)9-15(2,3)10-13-12-7-5-6-8-14(12)18(4)17-13/h5-8,11H,9-10H2,1-4H3. The number of nitrogens with zero attached hydrogens (tertiary/aromatic N) is 2. The van der Waals surface area contributed by atoms with Crippen molar-refractivity contribution in [1.29, 1.82) is 0 Å². The third kappa shape index (κ3) is 2.94. The largest absolute Gasteiger partial charge is 0.268 e. The zero-order valence-corrected chi connectivity index (χ0v) is 13.2. The average Bonchev–Trinajstić information content (AvgIpc) is 2.54. The van der Waals surface area contributed by atoms with Crippen molar-refractivity contribution in [1.82, 2.24) is 9.78 Å². The molecule has 2 rings (SSSR count). The van der Waals surface area contributed by atoms with Gasteiger partial charge in [-0.25, -0.2) is 0 Å². The summed E-state index contributed by atoms with van der Waals surface area (Å²) in [5.41, 5.74) is 2.70. The van der Waals surface area contributed by atoms with E-state index in [4.69, 9.17) is 0 Å². The van der Waals surface area contributed by atoms with E-state index in [0.29, 0.717) is 4.83 Å². The van der Waals surface area contributed by atoms with Crippen LogP contribution in [-0.2, 0) is 13.5 Å². The number of alkyl halides is 1. The summed E-state index contributed by atoms with van der Waals surface area (Å²) in [6.45, 7) is 6.83. The van der Waals surface area contributed by atoms with Gasteiger partial charge in [-0.15, -0.1) is 0 Å². The molecule has 1 unspecified atom stereocenters. The van der Waals surface area contributed by atoms with E-state index in [0.717, 1.165) is 12.8 Å². The Balaban J connectivity index is 2.32. The first-order valence-corrected chi connectivity index (χ1v) is 7.35. The van der Waals surface area contributed by atoms with E-state index in [-0.39, 0.29) is 5.41 Å². The van der Waals surface area contributed by atoms with E-state index in [1.165, 1.54) is 16.6 Å². The number of para-hydroxylation sites is 1. The molecule has 0 spiro atoms. The molecule has 0 aliphatic carbocycles. The van der Waals surface area contributed by atoms with Gasteiger partial charge in [-0.3, -0.25) is 4.68 Å². The summed E-state index contributed by atoms with van der Waals surface area (Å²) in [4.78, 5) is 0.544. The molecule has 0 aliphatic heterocycles. The summed E-state index contributed by atoms with van der Waals surface area (Å²) in [6, 6.07) is 8.46. The zero-order valence-electron chi connectivity index (χ0n) is 11.6. The monoisotopic (exact) mass is 308 g/mol. The minimum absolute atomic E-state index is 0.264. The molecule has 0 N–H and O–H groups in total. The van der Waals surface area contributed by atoms with Crippen LogP contribution in [0.5, 0.6) is 0 Å². The van der Waals surface area contributed by atoms with E-state index in [9.17, 15) is 0 Å². The smallest absolute Gasteiger partial charge is 0.0708 e. The van der Waals surface area contributed by atoms with Gasteiger partial charge < -0.3 is 0 Å². The molecule has 0 radical (unpaired) electrons. The molecule has 98 valence electrons. The second-order valence-corrected chi connectivity index (χ2v) is 7.48. The molecule has 18 heavy (non-hydrogen) atoms. The summed E-state index contributed by atoms with van der Waals surface area (Å²) in [7, 11) is 2.02. The Morgan fingerprint density at radius 2 is 2.00 bits per heavy atom.